The smallest absolute Gasteiger partial charge is 0.238 e. The number of nitrogens with one attached hydrogen (secondary N) is 2. The molecule has 1 heterocycles. The average Bonchev–Trinajstić information content (AvgIpc) is 3.14. The third kappa shape index (κ3) is 4.30. The van der Waals surface area contributed by atoms with E-state index in [0.29, 0.717) is 5.76 Å². The fourth-order valence-electron chi connectivity index (χ4n) is 2.47. The van der Waals surface area contributed by atoms with Crippen LogP contribution in [0, 0.1) is 11.6 Å². The number of benzene rings is 2. The first-order valence-electron chi connectivity index (χ1n) is 7.70. The number of hydrogen-bond donors (Lipinski definition) is 2. The molecule has 0 saturated heterocycles. The van der Waals surface area contributed by atoms with Crippen LogP contribution >= 0.6 is 0 Å². The van der Waals surface area contributed by atoms with Gasteiger partial charge in [0.25, 0.3) is 0 Å². The van der Waals surface area contributed by atoms with Gasteiger partial charge >= 0.3 is 0 Å². The molecule has 128 valence electrons. The van der Waals surface area contributed by atoms with Crippen molar-refractivity contribution in [3.05, 3.63) is 89.9 Å². The monoisotopic (exact) mass is 342 g/mol. The van der Waals surface area contributed by atoms with Crippen LogP contribution in [-0.2, 0) is 4.79 Å². The molecule has 0 bridgehead atoms. The molecule has 4 nitrogen and oxygen atoms in total. The van der Waals surface area contributed by atoms with Gasteiger partial charge in [-0.3, -0.25) is 10.1 Å². The average molecular weight is 342 g/mol. The molecule has 0 spiro atoms. The second kappa shape index (κ2) is 7.72. The first-order valence-corrected chi connectivity index (χ1v) is 7.70. The molecule has 25 heavy (non-hydrogen) atoms. The molecular weight excluding hydrogens is 326 g/mol. The normalized spacial score (nSPS) is 11.9. The maximum absolute atomic E-state index is 13.6. The molecule has 1 amide bonds. The molecule has 0 aliphatic heterocycles. The molecule has 1 atom stereocenters. The van der Waals surface area contributed by atoms with Crippen LogP contribution in [0.4, 0.5) is 14.5 Å². The molecule has 0 saturated carbocycles. The SMILES string of the molecule is O=C(CN[C@@H](c1ccccc1)c1ccco1)Nc1cc(F)ccc1F. The van der Waals surface area contributed by atoms with Gasteiger partial charge in [-0.1, -0.05) is 30.3 Å². The lowest BCUT2D eigenvalue weighted by Gasteiger charge is -2.17. The van der Waals surface area contributed by atoms with Gasteiger partial charge in [0, 0.05) is 6.07 Å². The zero-order valence-corrected chi connectivity index (χ0v) is 13.2. The summed E-state index contributed by atoms with van der Waals surface area (Å²) in [5.74, 6) is -1.16. The molecule has 0 radical (unpaired) electrons. The Bertz CT molecular complexity index is 836. The Balaban J connectivity index is 1.69. The van der Waals surface area contributed by atoms with Gasteiger partial charge in [-0.05, 0) is 29.8 Å². The molecule has 3 aromatic rings. The fourth-order valence-corrected chi connectivity index (χ4v) is 2.47. The van der Waals surface area contributed by atoms with Crippen molar-refractivity contribution in [1.82, 2.24) is 5.32 Å². The summed E-state index contributed by atoms with van der Waals surface area (Å²) in [7, 11) is 0. The van der Waals surface area contributed by atoms with Crippen molar-refractivity contribution in [3.63, 3.8) is 0 Å². The van der Waals surface area contributed by atoms with Crippen LogP contribution in [0.15, 0.2) is 71.3 Å². The Labute approximate surface area is 143 Å². The van der Waals surface area contributed by atoms with E-state index in [1.807, 2.05) is 30.3 Å². The number of amides is 1. The van der Waals surface area contributed by atoms with E-state index < -0.39 is 17.5 Å². The molecule has 2 N–H and O–H groups in total. The van der Waals surface area contributed by atoms with Crippen LogP contribution in [0.1, 0.15) is 17.4 Å². The zero-order valence-electron chi connectivity index (χ0n) is 13.2. The summed E-state index contributed by atoms with van der Waals surface area (Å²) in [6.07, 6.45) is 1.55. The van der Waals surface area contributed by atoms with E-state index >= 15 is 0 Å². The van der Waals surface area contributed by atoms with Crippen LogP contribution < -0.4 is 10.6 Å². The van der Waals surface area contributed by atoms with E-state index in [9.17, 15) is 13.6 Å². The second-order valence-corrected chi connectivity index (χ2v) is 5.41. The van der Waals surface area contributed by atoms with Crippen LogP contribution in [0.5, 0.6) is 0 Å². The van der Waals surface area contributed by atoms with Crippen molar-refractivity contribution in [2.75, 3.05) is 11.9 Å². The van der Waals surface area contributed by atoms with Crippen LogP contribution in [0.2, 0.25) is 0 Å². The summed E-state index contributed by atoms with van der Waals surface area (Å²) in [5.41, 5.74) is 0.725. The molecule has 2 aromatic carbocycles. The third-order valence-electron chi connectivity index (χ3n) is 3.63. The highest BCUT2D eigenvalue weighted by Gasteiger charge is 2.18. The number of furan rings is 1. The van der Waals surface area contributed by atoms with Crippen molar-refractivity contribution < 1.29 is 18.0 Å². The van der Waals surface area contributed by atoms with Crippen LogP contribution in [-0.4, -0.2) is 12.5 Å². The van der Waals surface area contributed by atoms with Crippen molar-refractivity contribution in [2.45, 2.75) is 6.04 Å². The molecule has 0 aliphatic rings. The van der Waals surface area contributed by atoms with Gasteiger partial charge in [0.05, 0.1) is 24.5 Å². The van der Waals surface area contributed by atoms with Gasteiger partial charge in [-0.2, -0.15) is 0 Å². The van der Waals surface area contributed by atoms with Crippen molar-refractivity contribution >= 4 is 11.6 Å². The summed E-state index contributed by atoms with van der Waals surface area (Å²) < 4.78 is 32.2. The van der Waals surface area contributed by atoms with Gasteiger partial charge in [0.2, 0.25) is 5.91 Å². The molecule has 0 fully saturated rings. The molecule has 1 aromatic heterocycles. The zero-order chi connectivity index (χ0) is 17.6. The number of hydrogen-bond acceptors (Lipinski definition) is 3. The Morgan fingerprint density at radius 1 is 1.04 bits per heavy atom. The van der Waals surface area contributed by atoms with E-state index in [4.69, 9.17) is 4.42 Å². The topological polar surface area (TPSA) is 54.3 Å². The standard InChI is InChI=1S/C19H16F2N2O2/c20-14-8-9-15(21)16(11-14)23-18(24)12-22-19(17-7-4-10-25-17)13-5-2-1-3-6-13/h1-11,19,22H,12H2,(H,23,24)/t19-/m0/s1. The minimum Gasteiger partial charge on any atom is -0.467 e. The van der Waals surface area contributed by atoms with Gasteiger partial charge in [-0.25, -0.2) is 8.78 Å². The predicted octanol–water partition coefficient (Wildman–Crippen LogP) is 3.88. The number of anilines is 1. The lowest BCUT2D eigenvalue weighted by molar-refractivity contribution is -0.115. The summed E-state index contributed by atoms with van der Waals surface area (Å²) in [5, 5.41) is 5.43. The van der Waals surface area contributed by atoms with Gasteiger partial charge in [0.1, 0.15) is 17.4 Å². The summed E-state index contributed by atoms with van der Waals surface area (Å²) in [6.45, 7) is -0.101. The molecule has 0 unspecified atom stereocenters. The molecule has 3 rings (SSSR count). The largest absolute Gasteiger partial charge is 0.467 e. The minimum absolute atomic E-state index is 0.101. The lowest BCUT2D eigenvalue weighted by Crippen LogP contribution is -2.32. The summed E-state index contributed by atoms with van der Waals surface area (Å²) in [6, 6.07) is 15.6. The maximum Gasteiger partial charge on any atom is 0.238 e. The lowest BCUT2D eigenvalue weighted by atomic mass is 10.0. The van der Waals surface area contributed by atoms with E-state index in [-0.39, 0.29) is 18.3 Å². The van der Waals surface area contributed by atoms with Crippen LogP contribution in [0.3, 0.4) is 0 Å². The highest BCUT2D eigenvalue weighted by Crippen LogP contribution is 2.22. The van der Waals surface area contributed by atoms with Crippen molar-refractivity contribution in [1.29, 1.82) is 0 Å². The summed E-state index contributed by atoms with van der Waals surface area (Å²) >= 11 is 0. The number of carbonyl (C=O) groups is 1. The van der Waals surface area contributed by atoms with Crippen molar-refractivity contribution in [3.8, 4) is 0 Å². The highest BCUT2D eigenvalue weighted by atomic mass is 19.1. The molecule has 6 heteroatoms. The fraction of sp³-hybridized carbons (Fsp3) is 0.105. The van der Waals surface area contributed by atoms with E-state index in [1.54, 1.807) is 18.4 Å². The quantitative estimate of drug-likeness (QED) is 0.715. The van der Waals surface area contributed by atoms with E-state index in [2.05, 4.69) is 10.6 Å². The van der Waals surface area contributed by atoms with Gasteiger partial charge in [-0.15, -0.1) is 0 Å². The highest BCUT2D eigenvalue weighted by molar-refractivity contribution is 5.92. The van der Waals surface area contributed by atoms with Gasteiger partial charge in [0.15, 0.2) is 0 Å². The van der Waals surface area contributed by atoms with Crippen molar-refractivity contribution in [2.24, 2.45) is 0 Å². The first-order chi connectivity index (χ1) is 12.1. The second-order valence-electron chi connectivity index (χ2n) is 5.41. The predicted molar refractivity (Wildman–Crippen MR) is 90.0 cm³/mol. The number of carbonyl (C=O) groups excluding carboxylic acids is 1. The number of halogens is 2. The Morgan fingerprint density at radius 2 is 1.84 bits per heavy atom. The molecule has 0 aliphatic carbocycles. The van der Waals surface area contributed by atoms with Gasteiger partial charge < -0.3 is 9.73 Å². The Morgan fingerprint density at radius 3 is 2.56 bits per heavy atom. The number of rotatable bonds is 6. The first kappa shape index (κ1) is 16.9. The molecular formula is C19H16F2N2O2. The maximum atomic E-state index is 13.6. The van der Waals surface area contributed by atoms with Crippen LogP contribution in [0.25, 0.3) is 0 Å². The summed E-state index contributed by atoms with van der Waals surface area (Å²) in [4.78, 5) is 12.1. The Kier molecular flexibility index (Phi) is 5.20. The minimum atomic E-state index is -0.694. The Hall–Kier alpha value is -2.99. The third-order valence-corrected chi connectivity index (χ3v) is 3.63. The van der Waals surface area contributed by atoms with E-state index in [1.165, 1.54) is 0 Å². The van der Waals surface area contributed by atoms with E-state index in [0.717, 1.165) is 23.8 Å².